The minimum absolute atomic E-state index is 0.134. The quantitative estimate of drug-likeness (QED) is 0.808. The van der Waals surface area contributed by atoms with Crippen molar-refractivity contribution in [3.05, 3.63) is 17.5 Å². The Hall–Kier alpha value is -1.56. The molecule has 126 valence electrons. The Morgan fingerprint density at radius 3 is 2.59 bits per heavy atom. The first-order valence-corrected chi connectivity index (χ1v) is 7.88. The van der Waals surface area contributed by atoms with Gasteiger partial charge in [-0.1, -0.05) is 6.92 Å². The molecule has 0 aliphatic carbocycles. The summed E-state index contributed by atoms with van der Waals surface area (Å²) in [5, 5.41) is 17.2. The number of urea groups is 1. The third-order valence-electron chi connectivity index (χ3n) is 3.44. The highest BCUT2D eigenvalue weighted by Crippen LogP contribution is 2.07. The van der Waals surface area contributed by atoms with Gasteiger partial charge in [0.25, 0.3) is 0 Å². The maximum absolute atomic E-state index is 12.2. The van der Waals surface area contributed by atoms with Gasteiger partial charge in [-0.25, -0.2) is 4.79 Å². The number of aliphatic hydroxyl groups is 1. The largest absolute Gasteiger partial charge is 0.389 e. The summed E-state index contributed by atoms with van der Waals surface area (Å²) in [5.74, 6) is 0.280. The number of hydrogen-bond acceptors (Lipinski definition) is 3. The van der Waals surface area contributed by atoms with Gasteiger partial charge in [0, 0.05) is 25.3 Å². The van der Waals surface area contributed by atoms with E-state index in [1.165, 1.54) is 0 Å². The van der Waals surface area contributed by atoms with Gasteiger partial charge in [0.15, 0.2) is 0 Å². The van der Waals surface area contributed by atoms with E-state index in [1.807, 2.05) is 31.5 Å². The molecule has 0 saturated heterocycles. The summed E-state index contributed by atoms with van der Waals surface area (Å²) in [6.07, 6.45) is 0. The molecule has 1 heterocycles. The Morgan fingerprint density at radius 1 is 1.50 bits per heavy atom. The van der Waals surface area contributed by atoms with Crippen molar-refractivity contribution in [3.8, 4) is 0 Å². The summed E-state index contributed by atoms with van der Waals surface area (Å²) >= 11 is 0. The zero-order valence-corrected chi connectivity index (χ0v) is 14.7. The molecule has 0 aromatic carbocycles. The molecule has 1 aromatic rings. The molecule has 1 rings (SSSR count). The second-order valence-electron chi connectivity index (χ2n) is 6.73. The Balaban J connectivity index is 2.47. The van der Waals surface area contributed by atoms with E-state index in [9.17, 15) is 9.90 Å². The van der Waals surface area contributed by atoms with Crippen LogP contribution in [-0.4, -0.2) is 51.1 Å². The SMILES string of the molecule is CCN(CC(C)(C)O)C(=O)NCC(C)Cn1nc(C)cc1C. The maximum atomic E-state index is 12.2. The molecule has 1 atom stereocenters. The number of likely N-dealkylation sites (N-methyl/N-ethyl adjacent to an activating group) is 1. The van der Waals surface area contributed by atoms with Gasteiger partial charge in [0.2, 0.25) is 0 Å². The van der Waals surface area contributed by atoms with Crippen LogP contribution in [0.15, 0.2) is 6.07 Å². The zero-order chi connectivity index (χ0) is 16.9. The normalized spacial score (nSPS) is 13.0. The van der Waals surface area contributed by atoms with Crippen LogP contribution in [-0.2, 0) is 6.54 Å². The fourth-order valence-corrected chi connectivity index (χ4v) is 2.39. The number of nitrogens with one attached hydrogen (secondary N) is 1. The molecule has 2 amide bonds. The van der Waals surface area contributed by atoms with E-state index in [4.69, 9.17) is 0 Å². The lowest BCUT2D eigenvalue weighted by Gasteiger charge is -2.28. The van der Waals surface area contributed by atoms with Gasteiger partial charge < -0.3 is 15.3 Å². The predicted octanol–water partition coefficient (Wildman–Crippen LogP) is 1.94. The van der Waals surface area contributed by atoms with Crippen molar-refractivity contribution in [3.63, 3.8) is 0 Å². The van der Waals surface area contributed by atoms with Crippen LogP contribution >= 0.6 is 0 Å². The zero-order valence-electron chi connectivity index (χ0n) is 14.7. The Morgan fingerprint density at radius 2 is 2.14 bits per heavy atom. The molecule has 0 radical (unpaired) electrons. The maximum Gasteiger partial charge on any atom is 0.317 e. The van der Waals surface area contributed by atoms with E-state index >= 15 is 0 Å². The number of rotatable bonds is 7. The van der Waals surface area contributed by atoms with Crippen molar-refractivity contribution >= 4 is 6.03 Å². The smallest absolute Gasteiger partial charge is 0.317 e. The summed E-state index contributed by atoms with van der Waals surface area (Å²) in [4.78, 5) is 13.8. The molecule has 0 saturated carbocycles. The van der Waals surface area contributed by atoms with Crippen molar-refractivity contribution in [1.29, 1.82) is 0 Å². The number of hydrogen-bond donors (Lipinski definition) is 2. The number of aromatic nitrogens is 2. The van der Waals surface area contributed by atoms with Gasteiger partial charge in [-0.05, 0) is 46.6 Å². The Bertz CT molecular complexity index is 491. The van der Waals surface area contributed by atoms with Gasteiger partial charge in [-0.15, -0.1) is 0 Å². The van der Waals surface area contributed by atoms with Crippen molar-refractivity contribution < 1.29 is 9.90 Å². The lowest BCUT2D eigenvalue weighted by atomic mass is 10.1. The number of carbonyl (C=O) groups is 1. The van der Waals surface area contributed by atoms with E-state index < -0.39 is 5.60 Å². The van der Waals surface area contributed by atoms with Crippen molar-refractivity contribution in [2.45, 2.75) is 53.7 Å². The summed E-state index contributed by atoms with van der Waals surface area (Å²) in [6, 6.07) is 1.91. The first kappa shape index (κ1) is 18.5. The standard InChI is InChI=1S/C16H30N4O2/c1-7-19(11-16(5,6)22)15(21)17-9-12(2)10-20-14(4)8-13(3)18-20/h8,12,22H,7,9-11H2,1-6H3,(H,17,21). The van der Waals surface area contributed by atoms with Crippen LogP contribution in [0.5, 0.6) is 0 Å². The average Bonchev–Trinajstić information content (AvgIpc) is 2.70. The molecular formula is C16H30N4O2. The summed E-state index contributed by atoms with van der Waals surface area (Å²) in [6.45, 7) is 13.7. The highest BCUT2D eigenvalue weighted by Gasteiger charge is 2.21. The summed E-state index contributed by atoms with van der Waals surface area (Å²) in [5.41, 5.74) is 1.26. The molecule has 1 unspecified atom stereocenters. The lowest BCUT2D eigenvalue weighted by Crippen LogP contribution is -2.47. The fourth-order valence-electron chi connectivity index (χ4n) is 2.39. The molecule has 0 aliphatic heterocycles. The van der Waals surface area contributed by atoms with Crippen LogP contribution in [0.4, 0.5) is 4.79 Å². The third-order valence-corrected chi connectivity index (χ3v) is 3.44. The third kappa shape index (κ3) is 6.05. The average molecular weight is 310 g/mol. The first-order valence-electron chi connectivity index (χ1n) is 7.88. The van der Waals surface area contributed by atoms with E-state index in [1.54, 1.807) is 18.7 Å². The van der Waals surface area contributed by atoms with Gasteiger partial charge in [0.05, 0.1) is 17.8 Å². The van der Waals surface area contributed by atoms with E-state index in [0.29, 0.717) is 19.6 Å². The van der Waals surface area contributed by atoms with Crippen LogP contribution in [0, 0.1) is 19.8 Å². The molecule has 6 heteroatoms. The Kier molecular flexibility index (Phi) is 6.41. The summed E-state index contributed by atoms with van der Waals surface area (Å²) < 4.78 is 1.97. The molecule has 2 N–H and O–H groups in total. The van der Waals surface area contributed by atoms with Gasteiger partial charge in [-0.3, -0.25) is 4.68 Å². The number of amides is 2. The highest BCUT2D eigenvalue weighted by atomic mass is 16.3. The second-order valence-corrected chi connectivity index (χ2v) is 6.73. The van der Waals surface area contributed by atoms with Crippen molar-refractivity contribution in [1.82, 2.24) is 20.0 Å². The topological polar surface area (TPSA) is 70.4 Å². The van der Waals surface area contributed by atoms with Gasteiger partial charge >= 0.3 is 6.03 Å². The monoisotopic (exact) mass is 310 g/mol. The minimum Gasteiger partial charge on any atom is -0.389 e. The van der Waals surface area contributed by atoms with Crippen LogP contribution in [0.1, 0.15) is 39.1 Å². The molecule has 22 heavy (non-hydrogen) atoms. The molecule has 1 aromatic heterocycles. The minimum atomic E-state index is -0.886. The van der Waals surface area contributed by atoms with Crippen LogP contribution < -0.4 is 5.32 Å². The lowest BCUT2D eigenvalue weighted by molar-refractivity contribution is 0.0479. The second kappa shape index (κ2) is 7.63. The number of carbonyl (C=O) groups excluding carboxylic acids is 1. The molecule has 6 nitrogen and oxygen atoms in total. The van der Waals surface area contributed by atoms with Crippen LogP contribution in [0.2, 0.25) is 0 Å². The molecular weight excluding hydrogens is 280 g/mol. The molecule has 0 aliphatic rings. The van der Waals surface area contributed by atoms with Crippen molar-refractivity contribution in [2.24, 2.45) is 5.92 Å². The first-order chi connectivity index (χ1) is 10.1. The predicted molar refractivity (Wildman–Crippen MR) is 87.8 cm³/mol. The van der Waals surface area contributed by atoms with Crippen LogP contribution in [0.25, 0.3) is 0 Å². The van der Waals surface area contributed by atoms with E-state index in [0.717, 1.165) is 17.9 Å². The number of nitrogens with zero attached hydrogens (tertiary/aromatic N) is 3. The molecule has 0 fully saturated rings. The molecule has 0 bridgehead atoms. The Labute approximate surface area is 133 Å². The van der Waals surface area contributed by atoms with Crippen LogP contribution in [0.3, 0.4) is 0 Å². The fraction of sp³-hybridized carbons (Fsp3) is 0.750. The van der Waals surface area contributed by atoms with Crippen molar-refractivity contribution in [2.75, 3.05) is 19.6 Å². The van der Waals surface area contributed by atoms with Gasteiger partial charge in [0.1, 0.15) is 0 Å². The van der Waals surface area contributed by atoms with E-state index in [2.05, 4.69) is 17.3 Å². The van der Waals surface area contributed by atoms with Gasteiger partial charge in [-0.2, -0.15) is 5.10 Å². The summed E-state index contributed by atoms with van der Waals surface area (Å²) in [7, 11) is 0. The highest BCUT2D eigenvalue weighted by molar-refractivity contribution is 5.74. The molecule has 0 spiro atoms. The number of aryl methyl sites for hydroxylation is 2. The van der Waals surface area contributed by atoms with E-state index in [-0.39, 0.29) is 11.9 Å².